The molecule has 2 aromatic heterocycles. The van der Waals surface area contributed by atoms with Gasteiger partial charge in [0.2, 0.25) is 0 Å². The Bertz CT molecular complexity index is 478. The van der Waals surface area contributed by atoms with E-state index in [0.717, 1.165) is 21.4 Å². The number of aryl methyl sites for hydroxylation is 2. The molecule has 0 unspecified atom stereocenters. The molecule has 0 saturated carbocycles. The van der Waals surface area contributed by atoms with E-state index in [1.807, 2.05) is 30.8 Å². The molecular weight excluding hydrogens is 208 g/mol. The van der Waals surface area contributed by atoms with Gasteiger partial charge in [0.25, 0.3) is 0 Å². The second-order valence-electron chi connectivity index (χ2n) is 3.27. The van der Waals surface area contributed by atoms with Gasteiger partial charge in [-0.2, -0.15) is 0 Å². The van der Waals surface area contributed by atoms with Crippen molar-refractivity contribution >= 4 is 17.4 Å². The van der Waals surface area contributed by atoms with Crippen LogP contribution < -0.4 is 5.73 Å². The molecule has 0 bridgehead atoms. The molecule has 0 aliphatic heterocycles. The van der Waals surface area contributed by atoms with Crippen molar-refractivity contribution in [1.82, 2.24) is 14.5 Å². The highest BCUT2D eigenvalue weighted by molar-refractivity contribution is 7.99. The first-order chi connectivity index (χ1) is 7.18. The van der Waals surface area contributed by atoms with Gasteiger partial charge in [-0.05, 0) is 30.3 Å². The van der Waals surface area contributed by atoms with Crippen LogP contribution in [-0.2, 0) is 7.05 Å². The van der Waals surface area contributed by atoms with Crippen molar-refractivity contribution in [2.24, 2.45) is 7.05 Å². The molecule has 2 N–H and O–H groups in total. The van der Waals surface area contributed by atoms with E-state index in [9.17, 15) is 0 Å². The number of hydrogen-bond acceptors (Lipinski definition) is 4. The van der Waals surface area contributed by atoms with Gasteiger partial charge in [-0.3, -0.25) is 0 Å². The van der Waals surface area contributed by atoms with Crippen molar-refractivity contribution in [3.8, 4) is 0 Å². The van der Waals surface area contributed by atoms with Crippen LogP contribution in [0, 0.1) is 6.92 Å². The van der Waals surface area contributed by atoms with E-state index >= 15 is 0 Å². The van der Waals surface area contributed by atoms with Crippen LogP contribution >= 0.6 is 11.8 Å². The van der Waals surface area contributed by atoms with Crippen molar-refractivity contribution in [3.05, 3.63) is 30.2 Å². The van der Waals surface area contributed by atoms with Crippen LogP contribution in [0.25, 0.3) is 0 Å². The summed E-state index contributed by atoms with van der Waals surface area (Å²) in [6.45, 7) is 1.97. The minimum atomic E-state index is 0.727. The van der Waals surface area contributed by atoms with Crippen LogP contribution in [0.15, 0.2) is 34.8 Å². The lowest BCUT2D eigenvalue weighted by Crippen LogP contribution is -1.96. The minimum Gasteiger partial charge on any atom is -0.396 e. The Morgan fingerprint density at radius 2 is 2.13 bits per heavy atom. The van der Waals surface area contributed by atoms with E-state index in [2.05, 4.69) is 9.97 Å². The van der Waals surface area contributed by atoms with Crippen LogP contribution in [0.2, 0.25) is 0 Å². The average Bonchev–Trinajstić information content (AvgIpc) is 2.60. The number of pyridine rings is 1. The van der Waals surface area contributed by atoms with Crippen molar-refractivity contribution in [3.63, 3.8) is 0 Å². The van der Waals surface area contributed by atoms with E-state index in [4.69, 9.17) is 5.73 Å². The molecule has 0 saturated heterocycles. The van der Waals surface area contributed by atoms with E-state index in [0.29, 0.717) is 0 Å². The number of anilines is 1. The molecular formula is C10H12N4S. The lowest BCUT2D eigenvalue weighted by molar-refractivity contribution is 0.789. The molecule has 78 valence electrons. The van der Waals surface area contributed by atoms with E-state index in [1.54, 1.807) is 12.4 Å². The maximum atomic E-state index is 5.93. The maximum Gasteiger partial charge on any atom is 0.174 e. The predicted molar refractivity (Wildman–Crippen MR) is 60.7 cm³/mol. The number of nitrogens with zero attached hydrogens (tertiary/aromatic N) is 3. The number of imidazole rings is 1. The van der Waals surface area contributed by atoms with Crippen LogP contribution in [0.3, 0.4) is 0 Å². The fourth-order valence-electron chi connectivity index (χ4n) is 1.16. The van der Waals surface area contributed by atoms with Gasteiger partial charge in [-0.15, -0.1) is 0 Å². The highest BCUT2D eigenvalue weighted by atomic mass is 32.2. The standard InChI is InChI=1S/C10H12N4S/c1-7-3-4-12-9(8(7)11)15-10-13-5-6-14(10)2/h3-6H,11H2,1-2H3. The Labute approximate surface area is 92.5 Å². The summed E-state index contributed by atoms with van der Waals surface area (Å²) >= 11 is 1.48. The molecule has 0 aliphatic carbocycles. The number of nitrogens with two attached hydrogens (primary N) is 1. The molecule has 2 aromatic rings. The second kappa shape index (κ2) is 3.94. The number of hydrogen-bond donors (Lipinski definition) is 1. The molecule has 4 nitrogen and oxygen atoms in total. The van der Waals surface area contributed by atoms with Gasteiger partial charge in [-0.25, -0.2) is 9.97 Å². The van der Waals surface area contributed by atoms with Gasteiger partial charge in [0.15, 0.2) is 5.16 Å². The summed E-state index contributed by atoms with van der Waals surface area (Å²) in [4.78, 5) is 8.45. The Morgan fingerprint density at radius 1 is 1.33 bits per heavy atom. The molecule has 0 aromatic carbocycles. The first-order valence-corrected chi connectivity index (χ1v) is 5.36. The van der Waals surface area contributed by atoms with Crippen LogP contribution in [0.5, 0.6) is 0 Å². The largest absolute Gasteiger partial charge is 0.396 e. The van der Waals surface area contributed by atoms with Gasteiger partial charge in [0.05, 0.1) is 5.69 Å². The number of rotatable bonds is 2. The molecule has 0 fully saturated rings. The van der Waals surface area contributed by atoms with Gasteiger partial charge < -0.3 is 10.3 Å². The molecule has 0 amide bonds. The van der Waals surface area contributed by atoms with Crippen LogP contribution in [0.1, 0.15) is 5.56 Å². The van der Waals surface area contributed by atoms with Gasteiger partial charge in [0.1, 0.15) is 5.03 Å². The smallest absolute Gasteiger partial charge is 0.174 e. The van der Waals surface area contributed by atoms with Gasteiger partial charge in [0, 0.05) is 25.6 Å². The quantitative estimate of drug-likeness (QED) is 0.839. The van der Waals surface area contributed by atoms with Crippen molar-refractivity contribution in [1.29, 1.82) is 0 Å². The summed E-state index contributed by atoms with van der Waals surface area (Å²) in [5.41, 5.74) is 7.70. The molecule has 2 rings (SSSR count). The summed E-state index contributed by atoms with van der Waals surface area (Å²) in [7, 11) is 1.95. The molecule has 0 aliphatic rings. The zero-order valence-corrected chi connectivity index (χ0v) is 9.45. The van der Waals surface area contributed by atoms with Gasteiger partial charge in [-0.1, -0.05) is 0 Å². The van der Waals surface area contributed by atoms with Crippen molar-refractivity contribution in [2.75, 3.05) is 5.73 Å². The predicted octanol–water partition coefficient (Wildman–Crippen LogP) is 1.86. The first kappa shape index (κ1) is 10.0. The zero-order valence-electron chi connectivity index (χ0n) is 8.64. The Balaban J connectivity index is 2.33. The topological polar surface area (TPSA) is 56.7 Å². The Hall–Kier alpha value is -1.49. The molecule has 0 radical (unpaired) electrons. The molecule has 2 heterocycles. The third-order valence-corrected chi connectivity index (χ3v) is 3.23. The second-order valence-corrected chi connectivity index (χ2v) is 4.23. The summed E-state index contributed by atoms with van der Waals surface area (Å²) in [5, 5.41) is 1.70. The highest BCUT2D eigenvalue weighted by Crippen LogP contribution is 2.29. The van der Waals surface area contributed by atoms with Crippen LogP contribution in [-0.4, -0.2) is 14.5 Å². The third kappa shape index (κ3) is 1.97. The normalized spacial score (nSPS) is 10.5. The molecule has 5 heteroatoms. The van der Waals surface area contributed by atoms with Crippen molar-refractivity contribution in [2.45, 2.75) is 17.1 Å². The molecule has 0 spiro atoms. The first-order valence-electron chi connectivity index (χ1n) is 4.54. The number of nitrogen functional groups attached to an aromatic ring is 1. The lowest BCUT2D eigenvalue weighted by Gasteiger charge is -2.05. The summed E-state index contributed by atoms with van der Waals surface area (Å²) < 4.78 is 1.94. The lowest BCUT2D eigenvalue weighted by atomic mass is 10.3. The van der Waals surface area contributed by atoms with E-state index in [1.165, 1.54) is 11.8 Å². The van der Waals surface area contributed by atoms with Crippen molar-refractivity contribution < 1.29 is 0 Å². The Morgan fingerprint density at radius 3 is 2.80 bits per heavy atom. The fraction of sp³-hybridized carbons (Fsp3) is 0.200. The summed E-state index contributed by atoms with van der Waals surface area (Å²) in [6, 6.07) is 1.90. The van der Waals surface area contributed by atoms with Crippen LogP contribution in [0.4, 0.5) is 5.69 Å². The van der Waals surface area contributed by atoms with Gasteiger partial charge >= 0.3 is 0 Å². The molecule has 0 atom stereocenters. The van der Waals surface area contributed by atoms with E-state index < -0.39 is 0 Å². The zero-order chi connectivity index (χ0) is 10.8. The highest BCUT2D eigenvalue weighted by Gasteiger charge is 2.08. The third-order valence-electron chi connectivity index (χ3n) is 2.14. The minimum absolute atomic E-state index is 0.727. The fourth-order valence-corrected chi connectivity index (χ4v) is 2.04. The number of aromatic nitrogens is 3. The maximum absolute atomic E-state index is 5.93. The SMILES string of the molecule is Cc1ccnc(Sc2nccn2C)c1N. The molecule has 15 heavy (non-hydrogen) atoms. The Kier molecular flexibility index (Phi) is 2.64. The average molecular weight is 220 g/mol. The summed E-state index contributed by atoms with van der Waals surface area (Å²) in [6.07, 6.45) is 5.42. The van der Waals surface area contributed by atoms with E-state index in [-0.39, 0.29) is 0 Å². The summed E-state index contributed by atoms with van der Waals surface area (Å²) in [5.74, 6) is 0. The monoisotopic (exact) mass is 220 g/mol.